The summed E-state index contributed by atoms with van der Waals surface area (Å²) in [5, 5.41) is 3.13. The van der Waals surface area contributed by atoms with E-state index >= 15 is 0 Å². The van der Waals surface area contributed by atoms with Crippen molar-refractivity contribution >= 4 is 17.4 Å². The smallest absolute Gasteiger partial charge is 0.243 e. The number of carbonyl (C=O) groups is 1. The van der Waals surface area contributed by atoms with Gasteiger partial charge in [0.1, 0.15) is 23.6 Å². The molecule has 7 nitrogen and oxygen atoms in total. The molecule has 0 saturated heterocycles. The Kier molecular flexibility index (Phi) is 6.20. The molecule has 0 spiro atoms. The van der Waals surface area contributed by atoms with Gasteiger partial charge in [-0.05, 0) is 86.9 Å². The van der Waals surface area contributed by atoms with Crippen molar-refractivity contribution < 1.29 is 9.53 Å². The second-order valence-electron chi connectivity index (χ2n) is 10.2. The standard InChI is InChI=1S/C30H31N5O2/c1-2-6-23(36)34-20-13-9-18(10-14-20)24-25-28-26(30(31)33-17-32-28)27(35-29(24)25)19-11-15-22(16-12-19)37-21-7-4-3-5-8-21/h2-8,11-12,15-18,20,24-25,29H,9-10,13-14H2,1H3,(H,34,36)(H2,31,32,33). The fraction of sp³-hybridized carbons (Fsp3) is 0.333. The highest BCUT2D eigenvalue weighted by molar-refractivity contribution is 6.17. The Morgan fingerprint density at radius 2 is 1.73 bits per heavy atom. The number of aliphatic imine (C=N–C) groups is 1. The van der Waals surface area contributed by atoms with E-state index in [1.165, 1.54) is 0 Å². The molecular formula is C30H31N5O2. The van der Waals surface area contributed by atoms with Crippen molar-refractivity contribution in [3.05, 3.63) is 89.9 Å². The van der Waals surface area contributed by atoms with E-state index in [2.05, 4.69) is 10.3 Å². The van der Waals surface area contributed by atoms with Crippen LogP contribution in [0.25, 0.3) is 0 Å². The van der Waals surface area contributed by atoms with E-state index in [1.807, 2.05) is 61.5 Å². The number of nitrogens with zero attached hydrogens (tertiary/aromatic N) is 3. The number of aromatic nitrogens is 2. The number of fused-ring (bicyclic) bond motifs is 3. The second kappa shape index (κ2) is 9.81. The first kappa shape index (κ1) is 23.4. The molecule has 6 rings (SSSR count). The van der Waals surface area contributed by atoms with Crippen molar-refractivity contribution in [3.8, 4) is 11.5 Å². The van der Waals surface area contributed by atoms with Crippen LogP contribution in [-0.4, -0.2) is 33.7 Å². The minimum absolute atomic E-state index is 0.00146. The highest BCUT2D eigenvalue weighted by Crippen LogP contribution is 2.59. The summed E-state index contributed by atoms with van der Waals surface area (Å²) < 4.78 is 5.97. The van der Waals surface area contributed by atoms with Crippen LogP contribution in [0.4, 0.5) is 5.82 Å². The number of para-hydroxylation sites is 1. The first-order chi connectivity index (χ1) is 18.1. The number of benzene rings is 2. The molecule has 2 aliphatic carbocycles. The zero-order valence-electron chi connectivity index (χ0n) is 20.9. The molecule has 188 valence electrons. The minimum Gasteiger partial charge on any atom is -0.457 e. The van der Waals surface area contributed by atoms with Crippen molar-refractivity contribution in [3.63, 3.8) is 0 Å². The Morgan fingerprint density at radius 1 is 1.00 bits per heavy atom. The van der Waals surface area contributed by atoms with Gasteiger partial charge in [-0.25, -0.2) is 9.97 Å². The normalized spacial score (nSPS) is 26.1. The molecule has 1 aromatic heterocycles. The first-order valence-electron chi connectivity index (χ1n) is 13.1. The van der Waals surface area contributed by atoms with Crippen LogP contribution in [0.1, 0.15) is 55.3 Å². The molecule has 0 radical (unpaired) electrons. The molecule has 7 heteroatoms. The summed E-state index contributed by atoms with van der Waals surface area (Å²) >= 11 is 0. The van der Waals surface area contributed by atoms with E-state index in [0.717, 1.165) is 59.7 Å². The van der Waals surface area contributed by atoms with Crippen molar-refractivity contribution in [1.29, 1.82) is 0 Å². The van der Waals surface area contributed by atoms with Crippen LogP contribution in [0.15, 0.2) is 78.1 Å². The third-order valence-corrected chi connectivity index (χ3v) is 7.86. The van der Waals surface area contributed by atoms with Crippen molar-refractivity contribution in [2.45, 2.75) is 50.6 Å². The number of ether oxygens (including phenoxy) is 1. The van der Waals surface area contributed by atoms with E-state index in [0.29, 0.717) is 23.6 Å². The lowest BCUT2D eigenvalue weighted by molar-refractivity contribution is -0.117. The van der Waals surface area contributed by atoms with Crippen LogP contribution < -0.4 is 15.8 Å². The summed E-state index contributed by atoms with van der Waals surface area (Å²) in [5.74, 6) is 3.37. The number of carbonyl (C=O) groups excluding carboxylic acids is 1. The number of amides is 1. The first-order valence-corrected chi connectivity index (χ1v) is 13.1. The predicted molar refractivity (Wildman–Crippen MR) is 144 cm³/mol. The molecular weight excluding hydrogens is 462 g/mol. The third kappa shape index (κ3) is 4.61. The SMILES string of the molecule is CC=CC(=O)NC1CCC(C2C3N=C(c4ccc(Oc5ccccc5)cc4)c4c(N)ncnc4C32)CC1. The maximum absolute atomic E-state index is 11.9. The molecule has 2 saturated carbocycles. The maximum Gasteiger partial charge on any atom is 0.243 e. The van der Waals surface area contributed by atoms with Crippen LogP contribution >= 0.6 is 0 Å². The average molecular weight is 494 g/mol. The van der Waals surface area contributed by atoms with Crippen molar-refractivity contribution in [2.75, 3.05) is 5.73 Å². The zero-order chi connectivity index (χ0) is 25.4. The summed E-state index contributed by atoms with van der Waals surface area (Å²) in [5.41, 5.74) is 10.2. The molecule has 3 aliphatic rings. The molecule has 1 aliphatic heterocycles. The van der Waals surface area contributed by atoms with Gasteiger partial charge < -0.3 is 15.8 Å². The molecule has 3 N–H and O–H groups in total. The second-order valence-corrected chi connectivity index (χ2v) is 10.2. The summed E-state index contributed by atoms with van der Waals surface area (Å²) in [7, 11) is 0. The van der Waals surface area contributed by atoms with Gasteiger partial charge in [-0.2, -0.15) is 0 Å². The minimum atomic E-state index is 0.00146. The molecule has 3 unspecified atom stereocenters. The van der Waals surface area contributed by atoms with Gasteiger partial charge in [0.15, 0.2) is 0 Å². The van der Waals surface area contributed by atoms with Crippen LogP contribution in [0.5, 0.6) is 11.5 Å². The number of rotatable bonds is 6. The molecule has 37 heavy (non-hydrogen) atoms. The van der Waals surface area contributed by atoms with Gasteiger partial charge in [0, 0.05) is 17.5 Å². The van der Waals surface area contributed by atoms with Crippen LogP contribution in [-0.2, 0) is 4.79 Å². The number of hydrogen-bond acceptors (Lipinski definition) is 6. The number of anilines is 1. The molecule has 2 heterocycles. The Hall–Kier alpha value is -4.00. The van der Waals surface area contributed by atoms with Gasteiger partial charge in [-0.3, -0.25) is 9.79 Å². The zero-order valence-corrected chi connectivity index (χ0v) is 20.9. The van der Waals surface area contributed by atoms with E-state index < -0.39 is 0 Å². The lowest BCUT2D eigenvalue weighted by atomic mass is 9.82. The number of allylic oxidation sites excluding steroid dienone is 1. The van der Waals surface area contributed by atoms with Gasteiger partial charge in [0.05, 0.1) is 23.0 Å². The van der Waals surface area contributed by atoms with Gasteiger partial charge in [-0.15, -0.1) is 0 Å². The topological polar surface area (TPSA) is 102 Å². The lowest BCUT2D eigenvalue weighted by Gasteiger charge is -2.29. The lowest BCUT2D eigenvalue weighted by Crippen LogP contribution is -2.37. The fourth-order valence-corrected chi connectivity index (χ4v) is 6.10. The van der Waals surface area contributed by atoms with E-state index in [-0.39, 0.29) is 18.0 Å². The Bertz CT molecular complexity index is 1340. The Balaban J connectivity index is 1.21. The number of nitrogen functional groups attached to an aromatic ring is 1. The summed E-state index contributed by atoms with van der Waals surface area (Å²) in [6, 6.07) is 18.2. The van der Waals surface area contributed by atoms with Gasteiger partial charge in [0.2, 0.25) is 5.91 Å². The molecule has 3 aromatic rings. The predicted octanol–water partition coefficient (Wildman–Crippen LogP) is 5.04. The van der Waals surface area contributed by atoms with E-state index in [4.69, 9.17) is 20.4 Å². The quantitative estimate of drug-likeness (QED) is 0.469. The fourth-order valence-electron chi connectivity index (χ4n) is 6.10. The van der Waals surface area contributed by atoms with Crippen molar-refractivity contribution in [2.24, 2.45) is 16.8 Å². The third-order valence-electron chi connectivity index (χ3n) is 7.86. The van der Waals surface area contributed by atoms with Gasteiger partial charge in [-0.1, -0.05) is 24.3 Å². The van der Waals surface area contributed by atoms with Crippen LogP contribution in [0, 0.1) is 11.8 Å². The van der Waals surface area contributed by atoms with Crippen molar-refractivity contribution in [1.82, 2.24) is 15.3 Å². The van der Waals surface area contributed by atoms with E-state index in [9.17, 15) is 4.79 Å². The Labute approximate surface area is 216 Å². The largest absolute Gasteiger partial charge is 0.457 e. The molecule has 1 amide bonds. The highest BCUT2D eigenvalue weighted by Gasteiger charge is 2.59. The van der Waals surface area contributed by atoms with E-state index in [1.54, 1.807) is 18.5 Å². The molecule has 3 atom stereocenters. The average Bonchev–Trinajstić information content (AvgIpc) is 3.65. The van der Waals surface area contributed by atoms with Crippen LogP contribution in [0.2, 0.25) is 0 Å². The highest BCUT2D eigenvalue weighted by atomic mass is 16.5. The maximum atomic E-state index is 11.9. The summed E-state index contributed by atoms with van der Waals surface area (Å²) in [4.78, 5) is 26.2. The Morgan fingerprint density at radius 3 is 2.46 bits per heavy atom. The van der Waals surface area contributed by atoms with Gasteiger partial charge >= 0.3 is 0 Å². The number of hydrogen-bond donors (Lipinski definition) is 2. The summed E-state index contributed by atoms with van der Waals surface area (Å²) in [6.45, 7) is 1.86. The monoisotopic (exact) mass is 493 g/mol. The molecule has 2 fully saturated rings. The summed E-state index contributed by atoms with van der Waals surface area (Å²) in [6.07, 6.45) is 9.13. The molecule has 0 bridgehead atoms. The number of nitrogens with two attached hydrogens (primary N) is 1. The van der Waals surface area contributed by atoms with Crippen LogP contribution in [0.3, 0.4) is 0 Å². The molecule has 2 aromatic carbocycles. The number of nitrogens with one attached hydrogen (secondary N) is 1. The van der Waals surface area contributed by atoms with Gasteiger partial charge in [0.25, 0.3) is 0 Å².